The van der Waals surface area contributed by atoms with Gasteiger partial charge in [0.1, 0.15) is 11.0 Å². The molecule has 1 amide bonds. The van der Waals surface area contributed by atoms with Crippen molar-refractivity contribution in [2.75, 3.05) is 32.1 Å². The minimum atomic E-state index is -0.189. The Labute approximate surface area is 106 Å². The van der Waals surface area contributed by atoms with E-state index >= 15 is 0 Å². The number of ether oxygens (including phenoxy) is 1. The standard InChI is InChI=1S/C11H16ClN3O2/c1-3-13-10-7-8(6-9(12)15-10)11(16)14-4-5-17-2/h6-7H,3-5H2,1-2H3,(H,13,15)(H,14,16). The van der Waals surface area contributed by atoms with E-state index < -0.39 is 0 Å². The Bertz CT molecular complexity index is 385. The van der Waals surface area contributed by atoms with Crippen molar-refractivity contribution in [3.8, 4) is 0 Å². The monoisotopic (exact) mass is 257 g/mol. The van der Waals surface area contributed by atoms with Gasteiger partial charge in [-0.15, -0.1) is 0 Å². The Balaban J connectivity index is 2.71. The molecular formula is C11H16ClN3O2. The van der Waals surface area contributed by atoms with E-state index in [0.717, 1.165) is 6.54 Å². The first-order valence-corrected chi connectivity index (χ1v) is 5.73. The Kier molecular flexibility index (Phi) is 5.72. The topological polar surface area (TPSA) is 63.2 Å². The highest BCUT2D eigenvalue weighted by molar-refractivity contribution is 6.29. The Morgan fingerprint density at radius 1 is 1.53 bits per heavy atom. The maximum Gasteiger partial charge on any atom is 0.251 e. The number of amides is 1. The summed E-state index contributed by atoms with van der Waals surface area (Å²) in [7, 11) is 1.58. The lowest BCUT2D eigenvalue weighted by atomic mass is 10.2. The number of carbonyl (C=O) groups excluding carboxylic acids is 1. The summed E-state index contributed by atoms with van der Waals surface area (Å²) in [5.41, 5.74) is 0.483. The zero-order valence-electron chi connectivity index (χ0n) is 9.92. The molecule has 0 aliphatic rings. The van der Waals surface area contributed by atoms with Gasteiger partial charge >= 0.3 is 0 Å². The van der Waals surface area contributed by atoms with Crippen LogP contribution in [0.1, 0.15) is 17.3 Å². The van der Waals surface area contributed by atoms with Crippen molar-refractivity contribution in [1.29, 1.82) is 0 Å². The second-order valence-electron chi connectivity index (χ2n) is 3.34. The second-order valence-corrected chi connectivity index (χ2v) is 3.73. The summed E-state index contributed by atoms with van der Waals surface area (Å²) in [5, 5.41) is 6.02. The highest BCUT2D eigenvalue weighted by Crippen LogP contribution is 2.14. The van der Waals surface area contributed by atoms with E-state index in [1.165, 1.54) is 6.07 Å². The van der Waals surface area contributed by atoms with Crippen LogP contribution >= 0.6 is 11.6 Å². The van der Waals surface area contributed by atoms with Crippen LogP contribution in [-0.4, -0.2) is 37.7 Å². The number of anilines is 1. The number of hydrogen-bond acceptors (Lipinski definition) is 4. The number of rotatable bonds is 6. The number of pyridine rings is 1. The predicted molar refractivity (Wildman–Crippen MR) is 67.6 cm³/mol. The lowest BCUT2D eigenvalue weighted by Gasteiger charge is -2.07. The highest BCUT2D eigenvalue weighted by Gasteiger charge is 2.08. The Morgan fingerprint density at radius 3 is 2.94 bits per heavy atom. The normalized spacial score (nSPS) is 10.1. The number of methoxy groups -OCH3 is 1. The Morgan fingerprint density at radius 2 is 2.29 bits per heavy atom. The molecule has 0 aromatic carbocycles. The fourth-order valence-electron chi connectivity index (χ4n) is 1.27. The SMILES string of the molecule is CCNc1cc(C(=O)NCCOC)cc(Cl)n1. The van der Waals surface area contributed by atoms with Gasteiger partial charge in [-0.1, -0.05) is 11.6 Å². The van der Waals surface area contributed by atoms with Gasteiger partial charge in [-0.3, -0.25) is 4.79 Å². The van der Waals surface area contributed by atoms with Gasteiger partial charge in [0.15, 0.2) is 0 Å². The fourth-order valence-corrected chi connectivity index (χ4v) is 1.48. The van der Waals surface area contributed by atoms with Crippen LogP contribution in [0.5, 0.6) is 0 Å². The lowest BCUT2D eigenvalue weighted by molar-refractivity contribution is 0.0937. The molecule has 0 aliphatic carbocycles. The van der Waals surface area contributed by atoms with Gasteiger partial charge in [0.05, 0.1) is 6.61 Å². The molecule has 0 atom stereocenters. The maximum atomic E-state index is 11.7. The van der Waals surface area contributed by atoms with E-state index in [2.05, 4.69) is 15.6 Å². The molecule has 0 fully saturated rings. The van der Waals surface area contributed by atoms with E-state index in [1.54, 1.807) is 13.2 Å². The van der Waals surface area contributed by atoms with Crippen LogP contribution in [0, 0.1) is 0 Å². The summed E-state index contributed by atoms with van der Waals surface area (Å²) in [6.45, 7) is 3.61. The second kappa shape index (κ2) is 7.09. The summed E-state index contributed by atoms with van der Waals surface area (Å²) >= 11 is 5.84. The molecule has 0 radical (unpaired) electrons. The predicted octanol–water partition coefficient (Wildman–Crippen LogP) is 1.54. The van der Waals surface area contributed by atoms with Gasteiger partial charge in [-0.25, -0.2) is 4.98 Å². The molecule has 1 heterocycles. The first-order chi connectivity index (χ1) is 8.17. The summed E-state index contributed by atoms with van der Waals surface area (Å²) in [6.07, 6.45) is 0. The number of nitrogens with one attached hydrogen (secondary N) is 2. The molecule has 0 unspecified atom stereocenters. The molecule has 0 spiro atoms. The average Bonchev–Trinajstić information content (AvgIpc) is 2.29. The summed E-state index contributed by atoms with van der Waals surface area (Å²) in [5.74, 6) is 0.405. The fraction of sp³-hybridized carbons (Fsp3) is 0.455. The zero-order chi connectivity index (χ0) is 12.7. The molecule has 94 valence electrons. The number of carbonyl (C=O) groups is 1. The molecule has 1 aromatic rings. The molecule has 2 N–H and O–H groups in total. The van der Waals surface area contributed by atoms with Crippen molar-refractivity contribution in [3.05, 3.63) is 22.8 Å². The molecule has 1 rings (SSSR count). The van der Waals surface area contributed by atoms with Crippen LogP contribution < -0.4 is 10.6 Å². The van der Waals surface area contributed by atoms with Crippen LogP contribution in [0.15, 0.2) is 12.1 Å². The van der Waals surface area contributed by atoms with E-state index in [4.69, 9.17) is 16.3 Å². The molecule has 0 bridgehead atoms. The van der Waals surface area contributed by atoms with E-state index in [9.17, 15) is 4.79 Å². The number of aromatic nitrogens is 1. The van der Waals surface area contributed by atoms with Gasteiger partial charge in [-0.2, -0.15) is 0 Å². The smallest absolute Gasteiger partial charge is 0.251 e. The van der Waals surface area contributed by atoms with Gasteiger partial charge in [-0.05, 0) is 19.1 Å². The molecule has 0 saturated carbocycles. The van der Waals surface area contributed by atoms with Crippen LogP contribution in [0.25, 0.3) is 0 Å². The van der Waals surface area contributed by atoms with E-state index in [1.807, 2.05) is 6.92 Å². The number of halogens is 1. The molecule has 1 aromatic heterocycles. The Hall–Kier alpha value is -1.33. The third kappa shape index (κ3) is 4.58. The third-order valence-corrected chi connectivity index (χ3v) is 2.20. The van der Waals surface area contributed by atoms with Crippen molar-refractivity contribution in [2.24, 2.45) is 0 Å². The first kappa shape index (κ1) is 13.7. The van der Waals surface area contributed by atoms with Crippen molar-refractivity contribution < 1.29 is 9.53 Å². The van der Waals surface area contributed by atoms with Crippen molar-refractivity contribution >= 4 is 23.3 Å². The number of nitrogens with zero attached hydrogens (tertiary/aromatic N) is 1. The van der Waals surface area contributed by atoms with Crippen molar-refractivity contribution in [1.82, 2.24) is 10.3 Å². The minimum absolute atomic E-state index is 0.189. The molecular weight excluding hydrogens is 242 g/mol. The highest BCUT2D eigenvalue weighted by atomic mass is 35.5. The number of hydrogen-bond donors (Lipinski definition) is 2. The van der Waals surface area contributed by atoms with Crippen molar-refractivity contribution in [2.45, 2.75) is 6.92 Å². The minimum Gasteiger partial charge on any atom is -0.383 e. The summed E-state index contributed by atoms with van der Waals surface area (Å²) < 4.78 is 4.85. The average molecular weight is 258 g/mol. The van der Waals surface area contributed by atoms with E-state index in [0.29, 0.717) is 29.7 Å². The molecule has 0 saturated heterocycles. The zero-order valence-corrected chi connectivity index (χ0v) is 10.7. The molecule has 5 nitrogen and oxygen atoms in total. The van der Waals surface area contributed by atoms with Crippen LogP contribution in [0.3, 0.4) is 0 Å². The molecule has 17 heavy (non-hydrogen) atoms. The third-order valence-electron chi connectivity index (χ3n) is 2.01. The summed E-state index contributed by atoms with van der Waals surface area (Å²) in [6, 6.07) is 3.20. The van der Waals surface area contributed by atoms with Crippen LogP contribution in [-0.2, 0) is 4.74 Å². The van der Waals surface area contributed by atoms with Gasteiger partial charge in [0.25, 0.3) is 5.91 Å². The van der Waals surface area contributed by atoms with Crippen LogP contribution in [0.4, 0.5) is 5.82 Å². The van der Waals surface area contributed by atoms with Crippen LogP contribution in [0.2, 0.25) is 5.15 Å². The maximum absolute atomic E-state index is 11.7. The van der Waals surface area contributed by atoms with Gasteiger partial charge in [0.2, 0.25) is 0 Å². The molecule has 0 aliphatic heterocycles. The summed E-state index contributed by atoms with van der Waals surface area (Å²) in [4.78, 5) is 15.8. The first-order valence-electron chi connectivity index (χ1n) is 5.36. The van der Waals surface area contributed by atoms with Gasteiger partial charge in [0, 0.05) is 25.8 Å². The van der Waals surface area contributed by atoms with E-state index in [-0.39, 0.29) is 5.91 Å². The van der Waals surface area contributed by atoms with Gasteiger partial charge < -0.3 is 15.4 Å². The lowest BCUT2D eigenvalue weighted by Crippen LogP contribution is -2.27. The van der Waals surface area contributed by atoms with Crippen molar-refractivity contribution in [3.63, 3.8) is 0 Å². The largest absolute Gasteiger partial charge is 0.383 e. The molecule has 6 heteroatoms. The quantitative estimate of drug-likeness (QED) is 0.600.